The third-order valence-corrected chi connectivity index (χ3v) is 4.58. The molecular formula is C18H17N3O3. The zero-order valence-electron chi connectivity index (χ0n) is 13.2. The van der Waals surface area contributed by atoms with Gasteiger partial charge < -0.3 is 15.4 Å². The summed E-state index contributed by atoms with van der Waals surface area (Å²) >= 11 is 0. The monoisotopic (exact) mass is 323 g/mol. The number of amides is 2. The lowest BCUT2D eigenvalue weighted by Gasteiger charge is -2.35. The van der Waals surface area contributed by atoms with Crippen LogP contribution in [0.5, 0.6) is 5.75 Å². The number of ether oxygens (including phenoxy) is 1. The quantitative estimate of drug-likeness (QED) is 0.909. The molecule has 2 amide bonds. The second-order valence-electron chi connectivity index (χ2n) is 5.93. The molecule has 1 aromatic carbocycles. The molecule has 1 aromatic heterocycles. The molecule has 1 fully saturated rings. The van der Waals surface area contributed by atoms with Gasteiger partial charge in [0.15, 0.2) is 5.78 Å². The van der Waals surface area contributed by atoms with Crippen LogP contribution in [-0.2, 0) is 0 Å². The van der Waals surface area contributed by atoms with Gasteiger partial charge in [-0.05, 0) is 36.2 Å². The highest BCUT2D eigenvalue weighted by Gasteiger charge is 2.48. The average molecular weight is 323 g/mol. The Balaban J connectivity index is 1.76. The summed E-state index contributed by atoms with van der Waals surface area (Å²) in [6.07, 6.45) is 3.23. The fourth-order valence-electron chi connectivity index (χ4n) is 3.59. The van der Waals surface area contributed by atoms with Crippen molar-refractivity contribution in [1.29, 1.82) is 0 Å². The van der Waals surface area contributed by atoms with E-state index in [1.54, 1.807) is 18.5 Å². The lowest BCUT2D eigenvalue weighted by Crippen LogP contribution is -2.51. The number of hydrogen-bond acceptors (Lipinski definition) is 4. The van der Waals surface area contributed by atoms with Gasteiger partial charge >= 0.3 is 6.03 Å². The minimum absolute atomic E-state index is 0.00223. The predicted molar refractivity (Wildman–Crippen MR) is 86.8 cm³/mol. The molecule has 2 aromatic rings. The van der Waals surface area contributed by atoms with E-state index in [0.29, 0.717) is 12.2 Å². The lowest BCUT2D eigenvalue weighted by molar-refractivity contribution is 0.0866. The van der Waals surface area contributed by atoms with Crippen LogP contribution in [-0.4, -0.2) is 23.4 Å². The van der Waals surface area contributed by atoms with E-state index < -0.39 is 12.0 Å². The van der Waals surface area contributed by atoms with Gasteiger partial charge in [0.2, 0.25) is 0 Å². The smallest absolute Gasteiger partial charge is 0.315 e. The minimum atomic E-state index is -0.399. The van der Waals surface area contributed by atoms with E-state index in [1.165, 1.54) is 0 Å². The van der Waals surface area contributed by atoms with Gasteiger partial charge in [0.05, 0.1) is 24.6 Å². The number of hydrogen-bond donors (Lipinski definition) is 2. The van der Waals surface area contributed by atoms with Crippen LogP contribution in [0.15, 0.2) is 42.7 Å². The number of urea groups is 1. The standard InChI is InChI=1S/C18H17N3O3/c1-2-24-11-5-3-4-10(8-11)15-14-16(21-18(23)20-15)12-6-7-19-9-13(12)17(14)22/h3-9,14-16H,2H2,1H3,(H2,20,21,23). The van der Waals surface area contributed by atoms with Gasteiger partial charge in [0, 0.05) is 18.0 Å². The van der Waals surface area contributed by atoms with Gasteiger partial charge in [-0.25, -0.2) is 4.79 Å². The van der Waals surface area contributed by atoms with E-state index in [-0.39, 0.29) is 17.9 Å². The first kappa shape index (κ1) is 14.7. The Morgan fingerprint density at radius 1 is 1.17 bits per heavy atom. The summed E-state index contributed by atoms with van der Waals surface area (Å²) in [6, 6.07) is 8.32. The van der Waals surface area contributed by atoms with Gasteiger partial charge in [-0.15, -0.1) is 0 Å². The van der Waals surface area contributed by atoms with E-state index in [9.17, 15) is 9.59 Å². The van der Waals surface area contributed by atoms with E-state index in [1.807, 2.05) is 31.2 Å². The molecule has 1 aliphatic carbocycles. The molecule has 24 heavy (non-hydrogen) atoms. The highest BCUT2D eigenvalue weighted by Crippen LogP contribution is 2.44. The topological polar surface area (TPSA) is 80.3 Å². The maximum atomic E-state index is 12.9. The fraction of sp³-hybridized carbons (Fsp3) is 0.278. The molecule has 0 bridgehead atoms. The number of rotatable bonds is 3. The Morgan fingerprint density at radius 3 is 2.83 bits per heavy atom. The molecule has 2 heterocycles. The number of nitrogens with zero attached hydrogens (tertiary/aromatic N) is 1. The maximum absolute atomic E-state index is 12.9. The summed E-state index contributed by atoms with van der Waals surface area (Å²) in [5.74, 6) is 0.338. The van der Waals surface area contributed by atoms with Crippen LogP contribution in [0, 0.1) is 5.92 Å². The van der Waals surface area contributed by atoms with Crippen LogP contribution in [0.3, 0.4) is 0 Å². The van der Waals surface area contributed by atoms with Crippen LogP contribution in [0.1, 0.15) is 40.5 Å². The summed E-state index contributed by atoms with van der Waals surface area (Å²) < 4.78 is 5.54. The van der Waals surface area contributed by atoms with Crippen molar-refractivity contribution in [1.82, 2.24) is 15.6 Å². The molecule has 3 unspecified atom stereocenters. The van der Waals surface area contributed by atoms with Crippen molar-refractivity contribution in [3.63, 3.8) is 0 Å². The number of carbonyl (C=O) groups excluding carboxylic acids is 2. The second-order valence-corrected chi connectivity index (χ2v) is 5.93. The average Bonchev–Trinajstić information content (AvgIpc) is 2.88. The predicted octanol–water partition coefficient (Wildman–Crippen LogP) is 2.39. The SMILES string of the molecule is CCOc1cccc(C2NC(=O)NC3c4ccncc4C(=O)C23)c1. The Bertz CT molecular complexity index is 821. The van der Waals surface area contributed by atoms with Crippen molar-refractivity contribution >= 4 is 11.8 Å². The molecule has 3 atom stereocenters. The summed E-state index contributed by atoms with van der Waals surface area (Å²) in [7, 11) is 0. The molecule has 2 N–H and O–H groups in total. The summed E-state index contributed by atoms with van der Waals surface area (Å²) in [6.45, 7) is 2.48. The van der Waals surface area contributed by atoms with Crippen LogP contribution < -0.4 is 15.4 Å². The van der Waals surface area contributed by atoms with Gasteiger partial charge in [-0.3, -0.25) is 9.78 Å². The molecule has 6 heteroatoms. The highest BCUT2D eigenvalue weighted by molar-refractivity contribution is 6.04. The second kappa shape index (κ2) is 5.63. The van der Waals surface area contributed by atoms with Crippen LogP contribution in [0.2, 0.25) is 0 Å². The van der Waals surface area contributed by atoms with Crippen LogP contribution >= 0.6 is 0 Å². The first-order valence-corrected chi connectivity index (χ1v) is 7.97. The normalized spacial score (nSPS) is 24.6. The van der Waals surface area contributed by atoms with Crippen molar-refractivity contribution in [3.05, 3.63) is 59.4 Å². The first-order chi connectivity index (χ1) is 11.7. The van der Waals surface area contributed by atoms with E-state index in [4.69, 9.17) is 4.74 Å². The molecule has 1 aliphatic heterocycles. The molecule has 0 saturated carbocycles. The summed E-state index contributed by atoms with van der Waals surface area (Å²) in [4.78, 5) is 29.1. The van der Waals surface area contributed by atoms with Crippen molar-refractivity contribution in [2.45, 2.75) is 19.0 Å². The summed E-state index contributed by atoms with van der Waals surface area (Å²) in [5.41, 5.74) is 2.28. The third kappa shape index (κ3) is 2.22. The molecule has 4 rings (SSSR count). The number of benzene rings is 1. The third-order valence-electron chi connectivity index (χ3n) is 4.58. The Hall–Kier alpha value is -2.89. The zero-order chi connectivity index (χ0) is 16.7. The highest BCUT2D eigenvalue weighted by atomic mass is 16.5. The number of Topliss-reactive ketones (excluding diaryl/α,β-unsaturated/α-hetero) is 1. The number of aromatic nitrogens is 1. The molecule has 6 nitrogen and oxygen atoms in total. The summed E-state index contributed by atoms with van der Waals surface area (Å²) in [5, 5.41) is 5.77. The molecule has 0 radical (unpaired) electrons. The number of ketones is 1. The fourth-order valence-corrected chi connectivity index (χ4v) is 3.59. The molecule has 1 saturated heterocycles. The molecule has 2 aliphatic rings. The molecular weight excluding hydrogens is 306 g/mol. The Morgan fingerprint density at radius 2 is 2.00 bits per heavy atom. The van der Waals surface area contributed by atoms with E-state index in [2.05, 4.69) is 15.6 Å². The van der Waals surface area contributed by atoms with Crippen LogP contribution in [0.25, 0.3) is 0 Å². The van der Waals surface area contributed by atoms with Gasteiger partial charge in [-0.2, -0.15) is 0 Å². The number of fused-ring (bicyclic) bond motifs is 3. The van der Waals surface area contributed by atoms with E-state index in [0.717, 1.165) is 16.9 Å². The minimum Gasteiger partial charge on any atom is -0.494 e. The van der Waals surface area contributed by atoms with Gasteiger partial charge in [-0.1, -0.05) is 12.1 Å². The van der Waals surface area contributed by atoms with Crippen molar-refractivity contribution in [2.24, 2.45) is 5.92 Å². The number of carbonyl (C=O) groups is 2. The number of pyridine rings is 1. The largest absolute Gasteiger partial charge is 0.494 e. The van der Waals surface area contributed by atoms with Gasteiger partial charge in [0.1, 0.15) is 5.75 Å². The van der Waals surface area contributed by atoms with Crippen molar-refractivity contribution < 1.29 is 14.3 Å². The Labute approximate surface area is 139 Å². The van der Waals surface area contributed by atoms with Crippen molar-refractivity contribution in [3.8, 4) is 5.75 Å². The van der Waals surface area contributed by atoms with E-state index >= 15 is 0 Å². The van der Waals surface area contributed by atoms with Crippen molar-refractivity contribution in [2.75, 3.05) is 6.61 Å². The zero-order valence-corrected chi connectivity index (χ0v) is 13.2. The Kier molecular flexibility index (Phi) is 3.45. The van der Waals surface area contributed by atoms with Gasteiger partial charge in [0.25, 0.3) is 0 Å². The maximum Gasteiger partial charge on any atom is 0.315 e. The molecule has 122 valence electrons. The number of nitrogens with one attached hydrogen (secondary N) is 2. The van der Waals surface area contributed by atoms with Crippen LogP contribution in [0.4, 0.5) is 4.79 Å². The first-order valence-electron chi connectivity index (χ1n) is 7.97. The lowest BCUT2D eigenvalue weighted by atomic mass is 9.85. The molecule has 0 spiro atoms.